The topological polar surface area (TPSA) is 123 Å². The largest absolute Gasteiger partial charge is 0.363 e. The van der Waals surface area contributed by atoms with Gasteiger partial charge in [-0.1, -0.05) is 12.1 Å². The summed E-state index contributed by atoms with van der Waals surface area (Å²) in [4.78, 5) is 27.7. The third kappa shape index (κ3) is 4.58. The second-order valence-corrected chi connectivity index (χ2v) is 6.24. The number of rotatable bonds is 3. The van der Waals surface area contributed by atoms with Crippen LogP contribution >= 0.6 is 0 Å². The fourth-order valence-corrected chi connectivity index (χ4v) is 2.74. The maximum absolute atomic E-state index is 12.6. The zero-order valence-electron chi connectivity index (χ0n) is 15.3. The maximum atomic E-state index is 12.6. The molecule has 3 N–H and O–H groups in total. The molecule has 10 heteroatoms. The van der Waals surface area contributed by atoms with Crippen molar-refractivity contribution in [3.63, 3.8) is 0 Å². The van der Waals surface area contributed by atoms with Crippen LogP contribution in [-0.2, 0) is 17.8 Å². The van der Waals surface area contributed by atoms with E-state index in [9.17, 15) is 14.0 Å². The molecule has 2 aromatic heterocycles. The zero-order valence-corrected chi connectivity index (χ0v) is 15.3. The van der Waals surface area contributed by atoms with Gasteiger partial charge in [-0.15, -0.1) is 5.10 Å². The molecule has 0 bridgehead atoms. The molecule has 0 saturated carbocycles. The van der Waals surface area contributed by atoms with E-state index in [1.807, 2.05) is 10.7 Å². The van der Waals surface area contributed by atoms with Crippen LogP contribution in [0.2, 0.25) is 0 Å². The Morgan fingerprint density at radius 2 is 2.04 bits per heavy atom. The highest BCUT2D eigenvalue weighted by atomic mass is 19.1. The number of anilines is 1. The number of hydrogen-bond acceptors (Lipinski definition) is 5. The van der Waals surface area contributed by atoms with Crippen molar-refractivity contribution in [1.29, 1.82) is 0 Å². The van der Waals surface area contributed by atoms with E-state index < -0.39 is 5.91 Å². The van der Waals surface area contributed by atoms with Crippen molar-refractivity contribution in [2.75, 3.05) is 11.9 Å². The minimum Gasteiger partial charge on any atom is -0.363 e. The molecule has 0 unspecified atom stereocenters. The molecule has 3 heterocycles. The SMILES string of the molecule is CN1C(=O)CCCn2nccc21.NC(=O)c1n[nH]c(Cc2ccc(F)cc2)n1. The zero-order chi connectivity index (χ0) is 20.1. The summed E-state index contributed by atoms with van der Waals surface area (Å²) in [6.45, 7) is 0.846. The number of primary amides is 1. The number of halogens is 1. The van der Waals surface area contributed by atoms with Gasteiger partial charge in [0.1, 0.15) is 17.5 Å². The number of H-pyrrole nitrogens is 1. The lowest BCUT2D eigenvalue weighted by Gasteiger charge is -2.13. The molecular weight excluding hydrogens is 365 g/mol. The summed E-state index contributed by atoms with van der Waals surface area (Å²) in [6, 6.07) is 7.87. The number of nitrogens with two attached hydrogens (primary N) is 1. The molecule has 0 radical (unpaired) electrons. The summed E-state index contributed by atoms with van der Waals surface area (Å²) in [6.07, 6.45) is 3.68. The van der Waals surface area contributed by atoms with Gasteiger partial charge in [0.05, 0.1) is 6.20 Å². The van der Waals surface area contributed by atoms with Crippen LogP contribution < -0.4 is 10.6 Å². The summed E-state index contributed by atoms with van der Waals surface area (Å²) < 4.78 is 14.5. The molecule has 0 atom stereocenters. The number of carbonyl (C=O) groups excluding carboxylic acids is 2. The first kappa shape index (κ1) is 19.2. The van der Waals surface area contributed by atoms with Gasteiger partial charge < -0.3 is 10.6 Å². The normalized spacial score (nSPS) is 13.4. The van der Waals surface area contributed by atoms with E-state index in [0.29, 0.717) is 18.7 Å². The van der Waals surface area contributed by atoms with Crippen LogP contribution in [0.3, 0.4) is 0 Å². The van der Waals surface area contributed by atoms with E-state index in [2.05, 4.69) is 20.3 Å². The fourth-order valence-electron chi connectivity index (χ4n) is 2.74. The van der Waals surface area contributed by atoms with Gasteiger partial charge in [-0.05, 0) is 24.1 Å². The van der Waals surface area contributed by atoms with Crippen molar-refractivity contribution >= 4 is 17.6 Å². The third-order valence-corrected chi connectivity index (χ3v) is 4.21. The Bertz CT molecular complexity index is 964. The Hall–Kier alpha value is -3.56. The average Bonchev–Trinajstić information content (AvgIpc) is 3.30. The summed E-state index contributed by atoms with van der Waals surface area (Å²) >= 11 is 0. The molecule has 0 aliphatic carbocycles. The van der Waals surface area contributed by atoms with Gasteiger partial charge in [-0.2, -0.15) is 5.10 Å². The minimum absolute atomic E-state index is 0.0443. The summed E-state index contributed by atoms with van der Waals surface area (Å²) in [5.41, 5.74) is 5.88. The second kappa shape index (κ2) is 8.42. The number of nitrogens with zero attached hydrogens (tertiary/aromatic N) is 5. The first-order valence-electron chi connectivity index (χ1n) is 8.68. The van der Waals surface area contributed by atoms with E-state index in [0.717, 1.165) is 24.3 Å². The maximum Gasteiger partial charge on any atom is 0.288 e. The van der Waals surface area contributed by atoms with Crippen molar-refractivity contribution in [2.24, 2.45) is 5.73 Å². The van der Waals surface area contributed by atoms with Crippen molar-refractivity contribution < 1.29 is 14.0 Å². The predicted molar refractivity (Wildman–Crippen MR) is 99.0 cm³/mol. The first-order chi connectivity index (χ1) is 13.4. The Kier molecular flexibility index (Phi) is 5.78. The summed E-state index contributed by atoms with van der Waals surface area (Å²) in [5.74, 6) is 0.574. The minimum atomic E-state index is -0.679. The van der Waals surface area contributed by atoms with Crippen molar-refractivity contribution in [1.82, 2.24) is 25.0 Å². The Labute approximate surface area is 160 Å². The van der Waals surface area contributed by atoms with Gasteiger partial charge >= 0.3 is 0 Å². The molecule has 1 aliphatic rings. The van der Waals surface area contributed by atoms with Crippen LogP contribution in [0.5, 0.6) is 0 Å². The number of aromatic nitrogens is 5. The monoisotopic (exact) mass is 385 g/mol. The van der Waals surface area contributed by atoms with Crippen LogP contribution in [0, 0.1) is 5.82 Å². The van der Waals surface area contributed by atoms with Gasteiger partial charge in [-0.25, -0.2) is 14.1 Å². The lowest BCUT2D eigenvalue weighted by Crippen LogP contribution is -2.25. The number of nitrogens with one attached hydrogen (secondary N) is 1. The van der Waals surface area contributed by atoms with E-state index >= 15 is 0 Å². The molecule has 1 aliphatic heterocycles. The number of hydrogen-bond donors (Lipinski definition) is 2. The molecule has 2 amide bonds. The van der Waals surface area contributed by atoms with Gasteiger partial charge in [0, 0.05) is 32.5 Å². The standard InChI is InChI=1S/C10H9FN4O.C8H11N3O/c11-7-3-1-6(2-4-7)5-8-13-10(9(12)16)15-14-8;1-10-7-4-5-9-11(7)6-2-3-8(10)12/h1-4H,5H2,(H2,12,16)(H,13,14,15);4-5H,2-3,6H2,1H3. The molecule has 146 valence electrons. The highest BCUT2D eigenvalue weighted by molar-refractivity contribution is 5.92. The molecule has 0 fully saturated rings. The Morgan fingerprint density at radius 1 is 1.29 bits per heavy atom. The average molecular weight is 385 g/mol. The summed E-state index contributed by atoms with van der Waals surface area (Å²) in [7, 11) is 1.79. The van der Waals surface area contributed by atoms with Crippen LogP contribution in [0.4, 0.5) is 10.2 Å². The highest BCUT2D eigenvalue weighted by Gasteiger charge is 2.18. The van der Waals surface area contributed by atoms with E-state index in [1.54, 1.807) is 30.3 Å². The predicted octanol–water partition coefficient (Wildman–Crippen LogP) is 1.27. The number of carbonyl (C=O) groups is 2. The van der Waals surface area contributed by atoms with Crippen molar-refractivity contribution in [2.45, 2.75) is 25.8 Å². The first-order valence-corrected chi connectivity index (χ1v) is 8.68. The second-order valence-electron chi connectivity index (χ2n) is 6.24. The Balaban J connectivity index is 0.000000167. The van der Waals surface area contributed by atoms with Crippen LogP contribution in [0.25, 0.3) is 0 Å². The highest BCUT2D eigenvalue weighted by Crippen LogP contribution is 2.17. The fraction of sp³-hybridized carbons (Fsp3) is 0.278. The van der Waals surface area contributed by atoms with Gasteiger partial charge in [0.2, 0.25) is 11.7 Å². The number of amides is 2. The lowest BCUT2D eigenvalue weighted by atomic mass is 10.1. The van der Waals surface area contributed by atoms with Crippen LogP contribution in [-0.4, -0.2) is 43.8 Å². The number of aromatic amines is 1. The molecule has 1 aromatic carbocycles. The molecule has 4 rings (SSSR count). The third-order valence-electron chi connectivity index (χ3n) is 4.21. The number of aryl methyl sites for hydroxylation is 1. The molecule has 3 aromatic rings. The quantitative estimate of drug-likeness (QED) is 0.703. The van der Waals surface area contributed by atoms with Crippen LogP contribution in [0.15, 0.2) is 36.5 Å². The van der Waals surface area contributed by atoms with E-state index in [-0.39, 0.29) is 17.5 Å². The number of benzene rings is 1. The Morgan fingerprint density at radius 3 is 2.71 bits per heavy atom. The van der Waals surface area contributed by atoms with E-state index in [1.165, 1.54) is 12.1 Å². The van der Waals surface area contributed by atoms with E-state index in [4.69, 9.17) is 5.73 Å². The number of fused-ring (bicyclic) bond motifs is 1. The van der Waals surface area contributed by atoms with Crippen LogP contribution in [0.1, 0.15) is 34.8 Å². The van der Waals surface area contributed by atoms with Crippen molar-refractivity contribution in [3.8, 4) is 0 Å². The molecular formula is C18H20FN7O2. The summed E-state index contributed by atoms with van der Waals surface area (Å²) in [5, 5.41) is 10.4. The molecule has 9 nitrogen and oxygen atoms in total. The molecule has 28 heavy (non-hydrogen) atoms. The van der Waals surface area contributed by atoms with Crippen molar-refractivity contribution in [3.05, 3.63) is 59.6 Å². The smallest absolute Gasteiger partial charge is 0.288 e. The van der Waals surface area contributed by atoms with Gasteiger partial charge in [0.15, 0.2) is 0 Å². The van der Waals surface area contributed by atoms with Gasteiger partial charge in [-0.3, -0.25) is 14.7 Å². The van der Waals surface area contributed by atoms with Gasteiger partial charge in [0.25, 0.3) is 5.91 Å². The molecule has 0 saturated heterocycles. The molecule has 0 spiro atoms. The lowest BCUT2D eigenvalue weighted by molar-refractivity contribution is -0.118.